The molecule has 1 unspecified atom stereocenters. The third-order valence-electron chi connectivity index (χ3n) is 3.10. The van der Waals surface area contributed by atoms with Crippen molar-refractivity contribution in [3.8, 4) is 6.07 Å². The topological polar surface area (TPSA) is 27.0 Å². The molecule has 1 saturated heterocycles. The molecule has 15 heavy (non-hydrogen) atoms. The van der Waals surface area contributed by atoms with Gasteiger partial charge in [0.05, 0.1) is 12.5 Å². The first-order valence-corrected chi connectivity index (χ1v) is 5.44. The van der Waals surface area contributed by atoms with Crippen LogP contribution < -0.4 is 0 Å². The Morgan fingerprint density at radius 2 is 2.40 bits per heavy atom. The SMILES string of the molecule is CN1CCC(c2cccc(CC#N)c2)C1. The lowest BCUT2D eigenvalue weighted by molar-refractivity contribution is 0.411. The number of hydrogen-bond acceptors (Lipinski definition) is 2. The molecule has 1 heterocycles. The molecule has 0 saturated carbocycles. The third-order valence-corrected chi connectivity index (χ3v) is 3.10. The summed E-state index contributed by atoms with van der Waals surface area (Å²) in [6, 6.07) is 10.7. The van der Waals surface area contributed by atoms with Crippen molar-refractivity contribution in [3.05, 3.63) is 35.4 Å². The fourth-order valence-corrected chi connectivity index (χ4v) is 2.26. The van der Waals surface area contributed by atoms with Crippen molar-refractivity contribution in [2.75, 3.05) is 20.1 Å². The van der Waals surface area contributed by atoms with Crippen LogP contribution in [0.1, 0.15) is 23.5 Å². The Labute approximate surface area is 91.1 Å². The van der Waals surface area contributed by atoms with Crippen molar-refractivity contribution < 1.29 is 0 Å². The average Bonchev–Trinajstić information content (AvgIpc) is 2.66. The first kappa shape index (κ1) is 10.2. The molecule has 1 aromatic carbocycles. The lowest BCUT2D eigenvalue weighted by atomic mass is 9.96. The van der Waals surface area contributed by atoms with E-state index in [2.05, 4.69) is 36.2 Å². The predicted octanol–water partition coefficient (Wildman–Crippen LogP) is 2.17. The standard InChI is InChI=1S/C13H16N2/c1-15-8-6-13(10-15)12-4-2-3-11(9-12)5-7-14/h2-4,9,13H,5-6,8,10H2,1H3. The van der Waals surface area contributed by atoms with Crippen molar-refractivity contribution in [1.29, 1.82) is 5.26 Å². The average molecular weight is 200 g/mol. The summed E-state index contributed by atoms with van der Waals surface area (Å²) in [7, 11) is 2.17. The van der Waals surface area contributed by atoms with Gasteiger partial charge in [-0.15, -0.1) is 0 Å². The second-order valence-corrected chi connectivity index (χ2v) is 4.33. The summed E-state index contributed by atoms with van der Waals surface area (Å²) >= 11 is 0. The molecule has 0 bridgehead atoms. The van der Waals surface area contributed by atoms with Gasteiger partial charge in [0.25, 0.3) is 0 Å². The van der Waals surface area contributed by atoms with Gasteiger partial charge in [-0.1, -0.05) is 24.3 Å². The molecule has 2 nitrogen and oxygen atoms in total. The summed E-state index contributed by atoms with van der Waals surface area (Å²) in [6.07, 6.45) is 1.77. The molecular formula is C13H16N2. The largest absolute Gasteiger partial charge is 0.306 e. The number of likely N-dealkylation sites (tertiary alicyclic amines) is 1. The Morgan fingerprint density at radius 3 is 3.07 bits per heavy atom. The van der Waals surface area contributed by atoms with Crippen LogP contribution in [0.3, 0.4) is 0 Å². The van der Waals surface area contributed by atoms with E-state index in [9.17, 15) is 0 Å². The molecule has 0 aliphatic carbocycles. The number of nitriles is 1. The fourth-order valence-electron chi connectivity index (χ4n) is 2.26. The fraction of sp³-hybridized carbons (Fsp3) is 0.462. The summed E-state index contributed by atoms with van der Waals surface area (Å²) in [5.41, 5.74) is 2.54. The van der Waals surface area contributed by atoms with E-state index in [1.165, 1.54) is 18.5 Å². The minimum absolute atomic E-state index is 0.524. The number of nitrogens with zero attached hydrogens (tertiary/aromatic N) is 2. The van der Waals surface area contributed by atoms with Crippen LogP contribution in [-0.2, 0) is 6.42 Å². The molecule has 2 heteroatoms. The van der Waals surface area contributed by atoms with Gasteiger partial charge in [-0.2, -0.15) is 5.26 Å². The Hall–Kier alpha value is -1.33. The third kappa shape index (κ3) is 2.37. The van der Waals surface area contributed by atoms with Crippen LogP contribution in [0.15, 0.2) is 24.3 Å². The van der Waals surface area contributed by atoms with Crippen LogP contribution in [0, 0.1) is 11.3 Å². The summed E-state index contributed by atoms with van der Waals surface area (Å²) in [4.78, 5) is 2.36. The van der Waals surface area contributed by atoms with Gasteiger partial charge >= 0.3 is 0 Å². The van der Waals surface area contributed by atoms with Gasteiger partial charge in [-0.05, 0) is 37.1 Å². The molecule has 1 fully saturated rings. The summed E-state index contributed by atoms with van der Waals surface area (Å²) < 4.78 is 0. The smallest absolute Gasteiger partial charge is 0.0669 e. The predicted molar refractivity (Wildman–Crippen MR) is 60.6 cm³/mol. The molecule has 78 valence electrons. The van der Waals surface area contributed by atoms with Gasteiger partial charge < -0.3 is 4.90 Å². The molecule has 1 aliphatic heterocycles. The van der Waals surface area contributed by atoms with Crippen molar-refractivity contribution in [1.82, 2.24) is 4.90 Å². The van der Waals surface area contributed by atoms with Crippen LogP contribution >= 0.6 is 0 Å². The number of rotatable bonds is 2. The monoisotopic (exact) mass is 200 g/mol. The number of hydrogen-bond donors (Lipinski definition) is 0. The number of benzene rings is 1. The molecule has 1 aliphatic rings. The van der Waals surface area contributed by atoms with Crippen molar-refractivity contribution in [2.45, 2.75) is 18.8 Å². The van der Waals surface area contributed by atoms with Gasteiger partial charge in [0.2, 0.25) is 0 Å². The summed E-state index contributed by atoms with van der Waals surface area (Å²) in [5, 5.41) is 8.66. The highest BCUT2D eigenvalue weighted by Gasteiger charge is 2.20. The van der Waals surface area contributed by atoms with E-state index in [4.69, 9.17) is 5.26 Å². The minimum atomic E-state index is 0.524. The van der Waals surface area contributed by atoms with Crippen molar-refractivity contribution >= 4 is 0 Å². The Morgan fingerprint density at radius 1 is 1.53 bits per heavy atom. The highest BCUT2D eigenvalue weighted by atomic mass is 15.1. The molecule has 0 radical (unpaired) electrons. The zero-order valence-corrected chi connectivity index (χ0v) is 9.11. The van der Waals surface area contributed by atoms with Crippen LogP contribution in [0.2, 0.25) is 0 Å². The maximum absolute atomic E-state index is 8.66. The summed E-state index contributed by atoms with van der Waals surface area (Å²) in [5.74, 6) is 0.661. The molecule has 0 amide bonds. The van der Waals surface area contributed by atoms with Gasteiger partial charge in [0, 0.05) is 6.54 Å². The van der Waals surface area contributed by atoms with E-state index in [1.807, 2.05) is 6.07 Å². The minimum Gasteiger partial charge on any atom is -0.306 e. The zero-order chi connectivity index (χ0) is 10.7. The van der Waals surface area contributed by atoms with Crippen LogP contribution in [0.4, 0.5) is 0 Å². The van der Waals surface area contributed by atoms with E-state index >= 15 is 0 Å². The second-order valence-electron chi connectivity index (χ2n) is 4.33. The molecular weight excluding hydrogens is 184 g/mol. The maximum Gasteiger partial charge on any atom is 0.0669 e. The Bertz CT molecular complexity index is 378. The van der Waals surface area contributed by atoms with E-state index in [1.54, 1.807) is 0 Å². The van der Waals surface area contributed by atoms with Gasteiger partial charge in [-0.25, -0.2) is 0 Å². The lowest BCUT2D eigenvalue weighted by Gasteiger charge is -2.11. The van der Waals surface area contributed by atoms with E-state index in [0.29, 0.717) is 12.3 Å². The van der Waals surface area contributed by atoms with Crippen LogP contribution in [-0.4, -0.2) is 25.0 Å². The Balaban J connectivity index is 2.15. The van der Waals surface area contributed by atoms with Gasteiger partial charge in [0.15, 0.2) is 0 Å². The van der Waals surface area contributed by atoms with Crippen LogP contribution in [0.25, 0.3) is 0 Å². The zero-order valence-electron chi connectivity index (χ0n) is 9.11. The first-order valence-electron chi connectivity index (χ1n) is 5.44. The Kier molecular flexibility index (Phi) is 3.03. The maximum atomic E-state index is 8.66. The van der Waals surface area contributed by atoms with Crippen molar-refractivity contribution in [3.63, 3.8) is 0 Å². The highest BCUT2D eigenvalue weighted by molar-refractivity contribution is 5.29. The quantitative estimate of drug-likeness (QED) is 0.731. The van der Waals surface area contributed by atoms with Crippen LogP contribution in [0.5, 0.6) is 0 Å². The molecule has 2 rings (SSSR count). The molecule has 0 spiro atoms. The normalized spacial score (nSPS) is 21.5. The van der Waals surface area contributed by atoms with E-state index in [-0.39, 0.29) is 0 Å². The summed E-state index contributed by atoms with van der Waals surface area (Å²) in [6.45, 7) is 2.34. The highest BCUT2D eigenvalue weighted by Crippen LogP contribution is 2.26. The van der Waals surface area contributed by atoms with E-state index < -0.39 is 0 Å². The molecule has 1 aromatic rings. The lowest BCUT2D eigenvalue weighted by Crippen LogP contribution is -2.13. The van der Waals surface area contributed by atoms with E-state index in [0.717, 1.165) is 12.1 Å². The molecule has 1 atom stereocenters. The van der Waals surface area contributed by atoms with Crippen molar-refractivity contribution in [2.24, 2.45) is 0 Å². The first-order chi connectivity index (χ1) is 7.29. The number of likely N-dealkylation sites (N-methyl/N-ethyl adjacent to an activating group) is 1. The second kappa shape index (κ2) is 4.46. The molecule has 0 aromatic heterocycles. The molecule has 0 N–H and O–H groups in total. The van der Waals surface area contributed by atoms with Gasteiger partial charge in [-0.3, -0.25) is 0 Å². The van der Waals surface area contributed by atoms with Gasteiger partial charge in [0.1, 0.15) is 0 Å².